The zero-order valence-corrected chi connectivity index (χ0v) is 24.1. The zero-order chi connectivity index (χ0) is 27.1. The molecule has 9 nitrogen and oxygen atoms in total. The van der Waals surface area contributed by atoms with E-state index in [9.17, 15) is 14.3 Å². The van der Waals surface area contributed by atoms with Gasteiger partial charge >= 0.3 is 13.8 Å². The van der Waals surface area contributed by atoms with E-state index in [1.165, 1.54) is 51.4 Å². The third kappa shape index (κ3) is 24.9. The first-order valence-corrected chi connectivity index (χ1v) is 15.1. The predicted molar refractivity (Wildman–Crippen MR) is 143 cm³/mol. The number of nitrogens with zero attached hydrogens (tertiary/aromatic N) is 1. The minimum Gasteiger partial charge on any atom is -0.463 e. The number of esters is 1. The molecule has 0 saturated heterocycles. The summed E-state index contributed by atoms with van der Waals surface area (Å²) in [6.45, 7) is 2.07. The maximum absolute atomic E-state index is 11.9. The van der Waals surface area contributed by atoms with Crippen LogP contribution in [0, 0.1) is 0 Å². The van der Waals surface area contributed by atoms with Gasteiger partial charge in [0, 0.05) is 6.42 Å². The summed E-state index contributed by atoms with van der Waals surface area (Å²) in [5.41, 5.74) is 0. The number of quaternary nitrogens is 1. The molecule has 1 unspecified atom stereocenters. The van der Waals surface area contributed by atoms with Crippen molar-refractivity contribution in [3.05, 3.63) is 12.2 Å². The van der Waals surface area contributed by atoms with Crippen LogP contribution in [0.5, 0.6) is 0 Å². The van der Waals surface area contributed by atoms with Crippen LogP contribution in [0.4, 0.5) is 0 Å². The molecule has 10 heteroatoms. The lowest BCUT2D eigenvalue weighted by Gasteiger charge is -2.24. The molecule has 2 N–H and O–H groups in total. The Morgan fingerprint density at radius 2 is 1.42 bits per heavy atom. The summed E-state index contributed by atoms with van der Waals surface area (Å²) in [5.74, 6) is -0.402. The Morgan fingerprint density at radius 1 is 0.861 bits per heavy atom. The van der Waals surface area contributed by atoms with Crippen molar-refractivity contribution in [2.45, 2.75) is 103 Å². The standard InChI is InChI=1S/C26H52NO8P/c1-5-6-7-8-9-10-11-12-13-14-15-16-17-18-19-20-26(28)32-23-25(35-29)24-34-36(30,31)33-22-21-27(2,3)4/h12-13,25H,5-11,14-24H2,1-4H3,(H-,29,30,31)/p+1/b13-12-/t25-/m1/s1. The molecule has 0 amide bonds. The molecule has 214 valence electrons. The van der Waals surface area contributed by atoms with Crippen LogP contribution in [0.2, 0.25) is 0 Å². The van der Waals surface area contributed by atoms with Gasteiger partial charge in [0.05, 0.1) is 27.7 Å². The van der Waals surface area contributed by atoms with Gasteiger partial charge in [-0.3, -0.25) is 19.1 Å². The van der Waals surface area contributed by atoms with Gasteiger partial charge in [0.2, 0.25) is 0 Å². The molecular weight excluding hydrogens is 485 g/mol. The Morgan fingerprint density at radius 3 is 1.97 bits per heavy atom. The Labute approximate surface area is 219 Å². The maximum Gasteiger partial charge on any atom is 0.472 e. The van der Waals surface area contributed by atoms with Crippen LogP contribution in [0.3, 0.4) is 0 Å². The number of likely N-dealkylation sites (N-methyl/N-ethyl adjacent to an activating group) is 1. The average molecular weight is 539 g/mol. The number of allylic oxidation sites excluding steroid dienone is 2. The summed E-state index contributed by atoms with van der Waals surface area (Å²) < 4.78 is 27.2. The van der Waals surface area contributed by atoms with E-state index in [0.717, 1.165) is 32.1 Å². The number of carbonyl (C=O) groups is 1. The van der Waals surface area contributed by atoms with Crippen LogP contribution in [0.25, 0.3) is 0 Å². The smallest absolute Gasteiger partial charge is 0.463 e. The molecule has 0 heterocycles. The number of phosphoric acid groups is 1. The van der Waals surface area contributed by atoms with Gasteiger partial charge in [-0.15, -0.1) is 0 Å². The van der Waals surface area contributed by atoms with E-state index >= 15 is 0 Å². The van der Waals surface area contributed by atoms with Gasteiger partial charge in [-0.05, 0) is 32.1 Å². The summed E-state index contributed by atoms with van der Waals surface area (Å²) in [6, 6.07) is 0. The molecule has 2 atom stereocenters. The minimum atomic E-state index is -4.29. The second-order valence-corrected chi connectivity index (χ2v) is 11.8. The Balaban J connectivity index is 3.71. The van der Waals surface area contributed by atoms with Crippen LogP contribution >= 0.6 is 7.82 Å². The highest BCUT2D eigenvalue weighted by molar-refractivity contribution is 7.47. The van der Waals surface area contributed by atoms with Crippen molar-refractivity contribution in [2.24, 2.45) is 0 Å². The summed E-state index contributed by atoms with van der Waals surface area (Å²) in [6.07, 6.45) is 19.2. The molecule has 0 rings (SSSR count). The van der Waals surface area contributed by atoms with E-state index in [0.29, 0.717) is 11.0 Å². The molecule has 0 bridgehead atoms. The first-order valence-electron chi connectivity index (χ1n) is 13.6. The molecule has 0 aromatic heterocycles. The molecule has 0 aromatic carbocycles. The number of phosphoric ester groups is 1. The van der Waals surface area contributed by atoms with Gasteiger partial charge in [-0.25, -0.2) is 9.45 Å². The van der Waals surface area contributed by atoms with E-state index < -0.39 is 26.5 Å². The van der Waals surface area contributed by atoms with Crippen LogP contribution in [0.1, 0.15) is 96.8 Å². The van der Waals surface area contributed by atoms with Crippen LogP contribution in [0.15, 0.2) is 12.2 Å². The van der Waals surface area contributed by atoms with Gasteiger partial charge in [0.25, 0.3) is 0 Å². The van der Waals surface area contributed by atoms with Crippen molar-refractivity contribution in [3.63, 3.8) is 0 Å². The number of hydrogen-bond acceptors (Lipinski definition) is 7. The number of ether oxygens (including phenoxy) is 1. The lowest BCUT2D eigenvalue weighted by Crippen LogP contribution is -2.37. The molecule has 0 aliphatic rings. The normalized spacial score (nSPS) is 14.7. The van der Waals surface area contributed by atoms with E-state index in [1.54, 1.807) is 0 Å². The zero-order valence-electron chi connectivity index (χ0n) is 23.2. The molecule has 0 spiro atoms. The quantitative estimate of drug-likeness (QED) is 0.0266. The van der Waals surface area contributed by atoms with Gasteiger partial charge in [0.1, 0.15) is 19.8 Å². The first-order chi connectivity index (χ1) is 17.1. The Hall–Kier alpha value is -0.800. The summed E-state index contributed by atoms with van der Waals surface area (Å²) in [5, 5.41) is 8.94. The largest absolute Gasteiger partial charge is 0.472 e. The highest BCUT2D eigenvalue weighted by atomic mass is 31.2. The molecule has 0 aliphatic carbocycles. The Bertz CT molecular complexity index is 609. The third-order valence-corrected chi connectivity index (χ3v) is 6.65. The summed E-state index contributed by atoms with van der Waals surface area (Å²) in [7, 11) is 1.49. The number of carbonyl (C=O) groups excluding carboxylic acids is 1. The van der Waals surface area contributed by atoms with Gasteiger partial charge < -0.3 is 14.1 Å². The second kappa shape index (κ2) is 22.2. The fraction of sp³-hybridized carbons (Fsp3) is 0.885. The highest BCUT2D eigenvalue weighted by Crippen LogP contribution is 2.43. The van der Waals surface area contributed by atoms with Crippen molar-refractivity contribution in [1.29, 1.82) is 0 Å². The van der Waals surface area contributed by atoms with Crippen molar-refractivity contribution >= 4 is 13.8 Å². The monoisotopic (exact) mass is 538 g/mol. The first kappa shape index (κ1) is 35.2. The van der Waals surface area contributed by atoms with Crippen molar-refractivity contribution in [2.75, 3.05) is 47.5 Å². The van der Waals surface area contributed by atoms with Crippen LogP contribution < -0.4 is 0 Å². The Kier molecular flexibility index (Phi) is 21.7. The van der Waals surface area contributed by atoms with Crippen molar-refractivity contribution in [3.8, 4) is 0 Å². The third-order valence-electron chi connectivity index (χ3n) is 5.66. The van der Waals surface area contributed by atoms with Crippen LogP contribution in [-0.2, 0) is 28.0 Å². The van der Waals surface area contributed by atoms with Crippen molar-refractivity contribution in [1.82, 2.24) is 0 Å². The fourth-order valence-corrected chi connectivity index (χ4v) is 4.09. The highest BCUT2D eigenvalue weighted by Gasteiger charge is 2.25. The van der Waals surface area contributed by atoms with Gasteiger partial charge in [-0.2, -0.15) is 0 Å². The molecular formula is C26H53NO8P+. The SMILES string of the molecule is CCCCCCCC/C=C\CCCCCCCC(=O)OC[C@H](COP(=O)(O)OCC[N+](C)(C)C)OO. The topological polar surface area (TPSA) is 112 Å². The van der Waals surface area contributed by atoms with E-state index in [1.807, 2.05) is 21.1 Å². The molecule has 0 aliphatic heterocycles. The van der Waals surface area contributed by atoms with Crippen molar-refractivity contribution < 1.29 is 42.7 Å². The molecule has 36 heavy (non-hydrogen) atoms. The van der Waals surface area contributed by atoms with E-state index in [-0.39, 0.29) is 19.6 Å². The van der Waals surface area contributed by atoms with E-state index in [2.05, 4.69) is 24.0 Å². The van der Waals surface area contributed by atoms with Gasteiger partial charge in [0.15, 0.2) is 6.10 Å². The second-order valence-electron chi connectivity index (χ2n) is 10.4. The molecule has 0 radical (unpaired) electrons. The molecule has 0 saturated carbocycles. The maximum atomic E-state index is 11.9. The summed E-state index contributed by atoms with van der Waals surface area (Å²) >= 11 is 0. The van der Waals surface area contributed by atoms with Crippen LogP contribution in [-0.4, -0.2) is 74.2 Å². The lowest BCUT2D eigenvalue weighted by atomic mass is 10.1. The number of unbranched alkanes of at least 4 members (excludes halogenated alkanes) is 11. The molecule has 0 aromatic rings. The predicted octanol–water partition coefficient (Wildman–Crippen LogP) is 6.27. The average Bonchev–Trinajstić information content (AvgIpc) is 2.80. The number of rotatable bonds is 25. The minimum absolute atomic E-state index is 0.0346. The van der Waals surface area contributed by atoms with E-state index in [4.69, 9.17) is 19.0 Å². The lowest BCUT2D eigenvalue weighted by molar-refractivity contribution is -0.870. The summed E-state index contributed by atoms with van der Waals surface area (Å²) in [4.78, 5) is 25.8. The number of hydrogen-bond donors (Lipinski definition) is 2. The molecule has 0 fully saturated rings. The van der Waals surface area contributed by atoms with Gasteiger partial charge in [-0.1, -0.05) is 70.4 Å². The fourth-order valence-electron chi connectivity index (χ4n) is 3.35.